The minimum atomic E-state index is -0.932. The Morgan fingerprint density at radius 1 is 1.24 bits per heavy atom. The molecule has 1 atom stereocenters. The van der Waals surface area contributed by atoms with E-state index in [1.54, 1.807) is 0 Å². The summed E-state index contributed by atoms with van der Waals surface area (Å²) >= 11 is 0. The molecular formula is C26H27N5O6. The van der Waals surface area contributed by atoms with E-state index in [1.807, 2.05) is 43.3 Å². The molecule has 0 fully saturated rings. The number of benzene rings is 2. The quantitative estimate of drug-likeness (QED) is 0.148. The van der Waals surface area contributed by atoms with Crippen LogP contribution in [0, 0.1) is 21.4 Å². The lowest BCUT2D eigenvalue weighted by Gasteiger charge is -2.42. The summed E-state index contributed by atoms with van der Waals surface area (Å²) in [5.41, 5.74) is 1.89. The average Bonchev–Trinajstić information content (AvgIpc) is 2.93. The van der Waals surface area contributed by atoms with Crippen LogP contribution in [0.4, 0.5) is 5.69 Å². The molecule has 0 spiro atoms. The van der Waals surface area contributed by atoms with Gasteiger partial charge >= 0.3 is 12.0 Å². The normalized spacial score (nSPS) is 14.9. The summed E-state index contributed by atoms with van der Waals surface area (Å²) < 4.78 is 10.9. The highest BCUT2D eigenvalue weighted by atomic mass is 16.6. The fourth-order valence-corrected chi connectivity index (χ4v) is 3.97. The number of esters is 1. The maximum atomic E-state index is 13.3. The van der Waals surface area contributed by atoms with Crippen LogP contribution in [0.1, 0.15) is 36.9 Å². The van der Waals surface area contributed by atoms with Crippen LogP contribution in [0.2, 0.25) is 0 Å². The fraction of sp³-hybridized carbons (Fsp3) is 0.308. The number of nitro benzene ring substituents is 1. The zero-order valence-electron chi connectivity index (χ0n) is 20.6. The number of methoxy groups -OCH3 is 1. The van der Waals surface area contributed by atoms with Gasteiger partial charge in [-0.1, -0.05) is 37.3 Å². The van der Waals surface area contributed by atoms with Gasteiger partial charge in [0.25, 0.3) is 5.69 Å². The molecule has 37 heavy (non-hydrogen) atoms. The highest BCUT2D eigenvalue weighted by Crippen LogP contribution is 2.38. The summed E-state index contributed by atoms with van der Waals surface area (Å²) in [4.78, 5) is 40.9. The van der Waals surface area contributed by atoms with Gasteiger partial charge in [0.05, 0.1) is 35.8 Å². The Morgan fingerprint density at radius 3 is 2.51 bits per heavy atom. The number of nitrogens with zero attached hydrogens (tertiary/aromatic N) is 5. The van der Waals surface area contributed by atoms with Crippen LogP contribution in [-0.4, -0.2) is 53.6 Å². The summed E-state index contributed by atoms with van der Waals surface area (Å²) in [5.74, 6) is -0.701. The van der Waals surface area contributed by atoms with E-state index in [4.69, 9.17) is 14.7 Å². The van der Waals surface area contributed by atoms with Crippen LogP contribution in [0.15, 0.2) is 70.9 Å². The lowest BCUT2D eigenvalue weighted by molar-refractivity contribution is -0.384. The maximum absolute atomic E-state index is 13.3. The Kier molecular flexibility index (Phi) is 9.32. The highest BCUT2D eigenvalue weighted by Gasteiger charge is 2.41. The minimum Gasteiger partial charge on any atom is -0.467 e. The van der Waals surface area contributed by atoms with Crippen LogP contribution in [0.3, 0.4) is 0 Å². The molecule has 2 aromatic carbocycles. The predicted molar refractivity (Wildman–Crippen MR) is 134 cm³/mol. The zero-order valence-corrected chi connectivity index (χ0v) is 20.6. The number of aliphatic imine (C=N–C) groups is 1. The molecule has 11 nitrogen and oxygen atoms in total. The number of amidine groups is 1. The van der Waals surface area contributed by atoms with Crippen molar-refractivity contribution in [2.45, 2.75) is 32.2 Å². The molecule has 0 bridgehead atoms. The lowest BCUT2D eigenvalue weighted by Crippen LogP contribution is -2.52. The molecule has 11 heteroatoms. The van der Waals surface area contributed by atoms with Gasteiger partial charge in [0.1, 0.15) is 12.6 Å². The Hall–Kier alpha value is -4.72. The van der Waals surface area contributed by atoms with Crippen molar-refractivity contribution in [3.63, 3.8) is 0 Å². The van der Waals surface area contributed by atoms with Gasteiger partial charge < -0.3 is 9.47 Å². The Morgan fingerprint density at radius 2 is 1.95 bits per heavy atom. The zero-order chi connectivity index (χ0) is 26.8. The number of ether oxygens (including phenoxy) is 2. The van der Waals surface area contributed by atoms with Gasteiger partial charge in [-0.3, -0.25) is 19.9 Å². The standard InChI is InChI=1S/C26H27N5O6/c1-3-22-23(25(33)37-17-7-15-27)24(20-10-12-21(13-11-20)31(34)35)30(26(28-22)36-2)29(18-32)16-14-19-8-5-4-6-9-19/h4-6,8-13,18,24H,3,7,14,16-17H2,1-2H3. The molecule has 2 aromatic rings. The molecule has 0 aliphatic carbocycles. The Bertz CT molecular complexity index is 1220. The third kappa shape index (κ3) is 6.29. The summed E-state index contributed by atoms with van der Waals surface area (Å²) in [6.45, 7) is 1.93. The molecule has 1 amide bonds. The van der Waals surface area contributed by atoms with Gasteiger partial charge in [-0.2, -0.15) is 10.3 Å². The molecule has 1 aliphatic rings. The second-order valence-electron chi connectivity index (χ2n) is 7.96. The topological polar surface area (TPSA) is 138 Å². The monoisotopic (exact) mass is 505 g/mol. The number of allylic oxidation sites excluding steroid dienone is 1. The van der Waals surface area contributed by atoms with E-state index in [-0.39, 0.29) is 36.9 Å². The number of carbonyl (C=O) groups excluding carboxylic acids is 2. The van der Waals surface area contributed by atoms with Gasteiger partial charge in [-0.15, -0.1) is 0 Å². The smallest absolute Gasteiger partial charge is 0.338 e. The van der Waals surface area contributed by atoms with Crippen LogP contribution >= 0.6 is 0 Å². The summed E-state index contributed by atoms with van der Waals surface area (Å²) in [6.07, 6.45) is 1.48. The molecule has 3 rings (SSSR count). The molecule has 1 heterocycles. The van der Waals surface area contributed by atoms with E-state index >= 15 is 0 Å². The third-order valence-corrected chi connectivity index (χ3v) is 5.73. The van der Waals surface area contributed by atoms with Crippen molar-refractivity contribution in [2.75, 3.05) is 20.3 Å². The lowest BCUT2D eigenvalue weighted by atomic mass is 9.94. The van der Waals surface area contributed by atoms with Gasteiger partial charge in [0, 0.05) is 18.7 Å². The van der Waals surface area contributed by atoms with E-state index in [9.17, 15) is 19.7 Å². The van der Waals surface area contributed by atoms with E-state index < -0.39 is 16.9 Å². The number of nitriles is 1. The first kappa shape index (κ1) is 26.9. The molecule has 0 aromatic heterocycles. The molecule has 192 valence electrons. The first-order valence-corrected chi connectivity index (χ1v) is 11.6. The summed E-state index contributed by atoms with van der Waals surface area (Å²) in [7, 11) is 1.41. The number of amides is 1. The summed E-state index contributed by atoms with van der Waals surface area (Å²) in [6, 6.07) is 16.3. The molecule has 0 saturated carbocycles. The minimum absolute atomic E-state index is 0.0104. The van der Waals surface area contributed by atoms with Crippen molar-refractivity contribution in [1.29, 1.82) is 5.26 Å². The van der Waals surface area contributed by atoms with Crippen molar-refractivity contribution in [1.82, 2.24) is 10.0 Å². The number of carbonyl (C=O) groups is 2. The van der Waals surface area contributed by atoms with Crippen molar-refractivity contribution in [3.8, 4) is 6.07 Å². The molecule has 0 N–H and O–H groups in total. The van der Waals surface area contributed by atoms with Crippen LogP contribution < -0.4 is 0 Å². The van der Waals surface area contributed by atoms with E-state index in [2.05, 4.69) is 4.99 Å². The van der Waals surface area contributed by atoms with Crippen LogP contribution in [0.25, 0.3) is 0 Å². The van der Waals surface area contributed by atoms with Crippen molar-refractivity contribution >= 4 is 24.1 Å². The van der Waals surface area contributed by atoms with E-state index in [0.29, 0.717) is 30.5 Å². The number of hydrogen-bond acceptors (Lipinski definition) is 9. The van der Waals surface area contributed by atoms with Crippen molar-refractivity contribution < 1.29 is 24.0 Å². The number of hydrogen-bond donors (Lipinski definition) is 0. The molecule has 0 radical (unpaired) electrons. The van der Waals surface area contributed by atoms with Gasteiger partial charge in [0.15, 0.2) is 0 Å². The van der Waals surface area contributed by atoms with E-state index in [1.165, 1.54) is 41.4 Å². The van der Waals surface area contributed by atoms with E-state index in [0.717, 1.165) is 5.56 Å². The third-order valence-electron chi connectivity index (χ3n) is 5.73. The van der Waals surface area contributed by atoms with Gasteiger partial charge in [-0.05, 0) is 36.1 Å². The van der Waals surface area contributed by atoms with Crippen LogP contribution in [-0.2, 0) is 25.5 Å². The Labute approximate surface area is 214 Å². The number of nitro groups is 1. The van der Waals surface area contributed by atoms with Crippen molar-refractivity contribution in [3.05, 3.63) is 87.1 Å². The second-order valence-corrected chi connectivity index (χ2v) is 7.96. The fourth-order valence-electron chi connectivity index (χ4n) is 3.97. The molecule has 1 aliphatic heterocycles. The average molecular weight is 506 g/mol. The Balaban J connectivity index is 2.11. The highest BCUT2D eigenvalue weighted by molar-refractivity contribution is 5.94. The number of hydrazine groups is 1. The SMILES string of the molecule is CCC1=C(C(=O)OCCC#N)C(c2ccc([N+](=O)[O-])cc2)N(N(C=O)CCc2ccccc2)C(OC)=N1. The predicted octanol–water partition coefficient (Wildman–Crippen LogP) is 3.69. The number of non-ortho nitro benzene ring substituents is 1. The molecule has 0 saturated heterocycles. The first-order chi connectivity index (χ1) is 17.9. The molecule has 1 unspecified atom stereocenters. The van der Waals surface area contributed by atoms with Crippen LogP contribution in [0.5, 0.6) is 0 Å². The number of rotatable bonds is 11. The first-order valence-electron chi connectivity index (χ1n) is 11.6. The van der Waals surface area contributed by atoms with Gasteiger partial charge in [-0.25, -0.2) is 9.80 Å². The van der Waals surface area contributed by atoms with Crippen molar-refractivity contribution in [2.24, 2.45) is 4.99 Å². The largest absolute Gasteiger partial charge is 0.467 e. The maximum Gasteiger partial charge on any atom is 0.338 e. The second kappa shape index (κ2) is 12.8. The van der Waals surface area contributed by atoms with Gasteiger partial charge in [0.2, 0.25) is 6.41 Å². The molecular weight excluding hydrogens is 478 g/mol. The summed E-state index contributed by atoms with van der Waals surface area (Å²) in [5, 5.41) is 22.9.